The van der Waals surface area contributed by atoms with E-state index < -0.39 is 16.8 Å². The molecular formula is C13H14N2O5. The van der Waals surface area contributed by atoms with Crippen LogP contribution < -0.4 is 5.32 Å². The van der Waals surface area contributed by atoms with Gasteiger partial charge in [0.2, 0.25) is 5.91 Å². The van der Waals surface area contributed by atoms with Crippen molar-refractivity contribution in [1.29, 1.82) is 0 Å². The number of nitrogens with zero attached hydrogens (tertiary/aromatic N) is 1. The van der Waals surface area contributed by atoms with Crippen LogP contribution in [0.15, 0.2) is 35.4 Å². The molecule has 0 aromatic heterocycles. The van der Waals surface area contributed by atoms with E-state index in [4.69, 9.17) is 5.11 Å². The topological polar surface area (TPSA) is 110 Å². The average Bonchev–Trinajstić information content (AvgIpc) is 2.43. The molecule has 0 bridgehead atoms. The summed E-state index contributed by atoms with van der Waals surface area (Å²) in [5.74, 6) is -1.68. The number of nitro groups is 1. The predicted octanol–water partition coefficient (Wildman–Crippen LogP) is 1.63. The molecule has 0 atom stereocenters. The van der Waals surface area contributed by atoms with Crippen LogP contribution in [0.5, 0.6) is 0 Å². The molecule has 1 aromatic rings. The van der Waals surface area contributed by atoms with Crippen LogP contribution in [0, 0.1) is 10.1 Å². The predicted molar refractivity (Wildman–Crippen MR) is 71.0 cm³/mol. The molecule has 0 aliphatic heterocycles. The van der Waals surface area contributed by atoms with Crippen molar-refractivity contribution in [1.82, 2.24) is 5.32 Å². The number of amides is 1. The zero-order valence-electron chi connectivity index (χ0n) is 11.0. The number of hydrogen-bond acceptors (Lipinski definition) is 4. The summed E-state index contributed by atoms with van der Waals surface area (Å²) in [6.45, 7) is 2.83. The molecule has 0 aliphatic carbocycles. The highest BCUT2D eigenvalue weighted by Crippen LogP contribution is 2.13. The van der Waals surface area contributed by atoms with Crippen LogP contribution in [0.1, 0.15) is 19.4 Å². The number of carboxylic acids is 1. The van der Waals surface area contributed by atoms with Crippen molar-refractivity contribution in [3.8, 4) is 0 Å². The van der Waals surface area contributed by atoms with Gasteiger partial charge in [0, 0.05) is 29.8 Å². The van der Waals surface area contributed by atoms with Crippen LogP contribution in [0.4, 0.5) is 5.69 Å². The van der Waals surface area contributed by atoms with Crippen molar-refractivity contribution in [2.45, 2.75) is 20.4 Å². The Hall–Kier alpha value is -2.70. The lowest BCUT2D eigenvalue weighted by atomic mass is 10.1. The number of carbonyl (C=O) groups is 2. The van der Waals surface area contributed by atoms with E-state index in [-0.39, 0.29) is 23.4 Å². The van der Waals surface area contributed by atoms with Crippen molar-refractivity contribution < 1.29 is 19.6 Å². The van der Waals surface area contributed by atoms with Gasteiger partial charge in [0.15, 0.2) is 0 Å². The Morgan fingerprint density at radius 3 is 2.50 bits per heavy atom. The highest BCUT2D eigenvalue weighted by atomic mass is 16.6. The summed E-state index contributed by atoms with van der Waals surface area (Å²) in [4.78, 5) is 32.5. The summed E-state index contributed by atoms with van der Waals surface area (Å²) in [7, 11) is 0. The Labute approximate surface area is 115 Å². The zero-order chi connectivity index (χ0) is 15.3. The van der Waals surface area contributed by atoms with Gasteiger partial charge in [-0.1, -0.05) is 12.1 Å². The van der Waals surface area contributed by atoms with Crippen LogP contribution >= 0.6 is 0 Å². The van der Waals surface area contributed by atoms with Crippen molar-refractivity contribution in [2.24, 2.45) is 0 Å². The number of non-ortho nitro benzene ring substituents is 1. The maximum atomic E-state index is 11.7. The van der Waals surface area contributed by atoms with Gasteiger partial charge in [-0.15, -0.1) is 0 Å². The smallest absolute Gasteiger partial charge is 0.331 e. The quantitative estimate of drug-likeness (QED) is 0.483. The first-order valence-corrected chi connectivity index (χ1v) is 5.75. The molecule has 2 N–H and O–H groups in total. The van der Waals surface area contributed by atoms with Gasteiger partial charge in [0.25, 0.3) is 5.69 Å². The molecule has 0 fully saturated rings. The SMILES string of the molecule is CC(C(=O)O)=C(C)C(=O)NCc1cccc([N+](=O)[O-])c1. The van der Waals surface area contributed by atoms with E-state index in [1.807, 2.05) is 0 Å². The molecular weight excluding hydrogens is 264 g/mol. The van der Waals surface area contributed by atoms with Gasteiger partial charge in [-0.3, -0.25) is 14.9 Å². The van der Waals surface area contributed by atoms with E-state index in [1.165, 1.54) is 32.0 Å². The number of carboxylic acid groups (broad SMARTS) is 1. The number of nitrogens with one attached hydrogen (secondary N) is 1. The third kappa shape index (κ3) is 3.91. The van der Waals surface area contributed by atoms with Gasteiger partial charge in [-0.2, -0.15) is 0 Å². The summed E-state index contributed by atoms with van der Waals surface area (Å²) >= 11 is 0. The van der Waals surface area contributed by atoms with Crippen LogP contribution in [0.3, 0.4) is 0 Å². The first kappa shape index (κ1) is 15.4. The molecule has 106 valence electrons. The minimum atomic E-state index is -1.16. The van der Waals surface area contributed by atoms with E-state index in [2.05, 4.69) is 5.32 Å². The Morgan fingerprint density at radius 1 is 1.30 bits per heavy atom. The lowest BCUT2D eigenvalue weighted by Crippen LogP contribution is -2.25. The number of carbonyl (C=O) groups excluding carboxylic acids is 1. The van der Waals surface area contributed by atoms with Crippen LogP contribution in [-0.2, 0) is 16.1 Å². The zero-order valence-corrected chi connectivity index (χ0v) is 11.0. The number of aliphatic carboxylic acids is 1. The van der Waals surface area contributed by atoms with Crippen molar-refractivity contribution in [3.63, 3.8) is 0 Å². The van der Waals surface area contributed by atoms with Crippen LogP contribution in [-0.4, -0.2) is 21.9 Å². The molecule has 0 aliphatic rings. The molecule has 1 amide bonds. The van der Waals surface area contributed by atoms with Gasteiger partial charge < -0.3 is 10.4 Å². The maximum absolute atomic E-state index is 11.7. The van der Waals surface area contributed by atoms with E-state index in [0.717, 1.165) is 0 Å². The summed E-state index contributed by atoms with van der Waals surface area (Å²) in [5, 5.41) is 21.9. The van der Waals surface area contributed by atoms with E-state index in [0.29, 0.717) is 5.56 Å². The van der Waals surface area contributed by atoms with Gasteiger partial charge >= 0.3 is 5.97 Å². The molecule has 0 saturated carbocycles. The lowest BCUT2D eigenvalue weighted by molar-refractivity contribution is -0.384. The third-order valence-electron chi connectivity index (χ3n) is 2.80. The number of benzene rings is 1. The fraction of sp³-hybridized carbons (Fsp3) is 0.231. The number of hydrogen-bond donors (Lipinski definition) is 2. The molecule has 0 radical (unpaired) electrons. The molecule has 20 heavy (non-hydrogen) atoms. The summed E-state index contributed by atoms with van der Waals surface area (Å²) in [6, 6.07) is 5.86. The van der Waals surface area contributed by atoms with Crippen LogP contribution in [0.25, 0.3) is 0 Å². The third-order valence-corrected chi connectivity index (χ3v) is 2.80. The van der Waals surface area contributed by atoms with Gasteiger partial charge in [0.1, 0.15) is 0 Å². The average molecular weight is 278 g/mol. The molecule has 7 nitrogen and oxygen atoms in total. The highest BCUT2D eigenvalue weighted by Gasteiger charge is 2.12. The largest absolute Gasteiger partial charge is 0.478 e. The second-order valence-corrected chi connectivity index (χ2v) is 4.16. The minimum absolute atomic E-state index is 0.0402. The van der Waals surface area contributed by atoms with Crippen molar-refractivity contribution in [3.05, 3.63) is 51.1 Å². The summed E-state index contributed by atoms with van der Waals surface area (Å²) in [5.41, 5.74) is 0.559. The number of rotatable bonds is 5. The van der Waals surface area contributed by atoms with E-state index in [9.17, 15) is 19.7 Å². The first-order chi connectivity index (χ1) is 9.32. The highest BCUT2D eigenvalue weighted by molar-refractivity contribution is 6.01. The molecule has 0 saturated heterocycles. The molecule has 0 spiro atoms. The second kappa shape index (κ2) is 6.46. The van der Waals surface area contributed by atoms with Gasteiger partial charge in [-0.05, 0) is 19.4 Å². The first-order valence-electron chi connectivity index (χ1n) is 5.75. The normalized spacial score (nSPS) is 11.5. The maximum Gasteiger partial charge on any atom is 0.331 e. The van der Waals surface area contributed by atoms with Crippen molar-refractivity contribution in [2.75, 3.05) is 0 Å². The number of nitro benzene ring substituents is 1. The monoisotopic (exact) mass is 278 g/mol. The molecule has 7 heteroatoms. The minimum Gasteiger partial charge on any atom is -0.478 e. The lowest BCUT2D eigenvalue weighted by Gasteiger charge is -2.07. The van der Waals surface area contributed by atoms with Crippen LogP contribution in [0.2, 0.25) is 0 Å². The summed E-state index contributed by atoms with van der Waals surface area (Å²) in [6.07, 6.45) is 0. The molecule has 1 rings (SSSR count). The second-order valence-electron chi connectivity index (χ2n) is 4.16. The Kier molecular flexibility index (Phi) is 4.96. The fourth-order valence-electron chi connectivity index (χ4n) is 1.43. The Morgan fingerprint density at radius 2 is 1.95 bits per heavy atom. The standard InChI is InChI=1S/C13H14N2O5/c1-8(9(2)13(17)18)12(16)14-7-10-4-3-5-11(6-10)15(19)20/h3-6H,7H2,1-2H3,(H,14,16)(H,17,18). The molecule has 0 heterocycles. The summed E-state index contributed by atoms with van der Waals surface area (Å²) < 4.78 is 0. The van der Waals surface area contributed by atoms with Gasteiger partial charge in [-0.25, -0.2) is 4.79 Å². The molecule has 0 unspecified atom stereocenters. The Balaban J connectivity index is 2.75. The van der Waals surface area contributed by atoms with Crippen molar-refractivity contribution >= 4 is 17.6 Å². The van der Waals surface area contributed by atoms with E-state index in [1.54, 1.807) is 6.07 Å². The van der Waals surface area contributed by atoms with Gasteiger partial charge in [0.05, 0.1) is 4.92 Å². The van der Waals surface area contributed by atoms with E-state index >= 15 is 0 Å². The Bertz CT molecular complexity index is 592. The fourth-order valence-corrected chi connectivity index (χ4v) is 1.43. The molecule has 1 aromatic carbocycles.